The normalized spacial score (nSPS) is 21.0. The molecule has 0 aliphatic heterocycles. The van der Waals surface area contributed by atoms with Gasteiger partial charge in [0, 0.05) is 32.7 Å². The van der Waals surface area contributed by atoms with Gasteiger partial charge in [-0.1, -0.05) is 36.4 Å². The van der Waals surface area contributed by atoms with Crippen molar-refractivity contribution in [3.05, 3.63) is 64.4 Å². The predicted octanol–water partition coefficient (Wildman–Crippen LogP) is 2.84. The van der Waals surface area contributed by atoms with Crippen LogP contribution in [0.2, 0.25) is 0 Å². The highest BCUT2D eigenvalue weighted by Gasteiger charge is 2.40. The van der Waals surface area contributed by atoms with Crippen molar-refractivity contribution in [3.8, 4) is 16.9 Å². The Morgan fingerprint density at radius 3 is 2.11 bits per heavy atom. The van der Waals surface area contributed by atoms with Crippen LogP contribution in [0.1, 0.15) is 62.2 Å². The minimum absolute atomic E-state index is 0. The summed E-state index contributed by atoms with van der Waals surface area (Å²) in [6, 6.07) is 10.4. The van der Waals surface area contributed by atoms with Crippen LogP contribution in [0.5, 0.6) is 5.75 Å². The largest absolute Gasteiger partial charge is 0.511 e. The lowest BCUT2D eigenvalue weighted by atomic mass is 9.70. The molecule has 9 nitrogen and oxygen atoms in total. The Kier molecular flexibility index (Phi) is 9.27. The third-order valence-corrected chi connectivity index (χ3v) is 7.22. The maximum Gasteiger partial charge on any atom is 0.170 e. The molecule has 3 unspecified atom stereocenters. The zero-order valence-electron chi connectivity index (χ0n) is 20.7. The van der Waals surface area contributed by atoms with Crippen LogP contribution in [0, 0.1) is 17.8 Å². The molecule has 0 heterocycles. The molecular weight excluding hydrogens is 480 g/mol. The average molecular weight is 517 g/mol. The van der Waals surface area contributed by atoms with Crippen LogP contribution in [0.4, 0.5) is 0 Å². The number of hydrogen-bond donors (Lipinski definition) is 3. The first-order valence-electron chi connectivity index (χ1n) is 11.7. The predicted molar refractivity (Wildman–Crippen MR) is 140 cm³/mol. The van der Waals surface area contributed by atoms with Crippen molar-refractivity contribution in [3.63, 3.8) is 0 Å². The molecule has 202 valence electrons. The Labute approximate surface area is 217 Å². The summed E-state index contributed by atoms with van der Waals surface area (Å²) in [5, 5.41) is 31.2. The van der Waals surface area contributed by atoms with Crippen LogP contribution in [0.3, 0.4) is 0 Å². The van der Waals surface area contributed by atoms with Crippen molar-refractivity contribution in [1.82, 2.24) is 0 Å². The number of allylic oxidation sites excluding steroid dienone is 1. The van der Waals surface area contributed by atoms with Crippen LogP contribution in [0.15, 0.2) is 47.7 Å². The van der Waals surface area contributed by atoms with E-state index in [0.29, 0.717) is 35.1 Å². The van der Waals surface area contributed by atoms with Crippen LogP contribution in [0.25, 0.3) is 11.1 Å². The van der Waals surface area contributed by atoms with Gasteiger partial charge in [0.2, 0.25) is 0 Å². The van der Waals surface area contributed by atoms with Crippen molar-refractivity contribution >= 4 is 23.1 Å². The minimum Gasteiger partial charge on any atom is -0.511 e. The molecule has 3 atom stereocenters. The summed E-state index contributed by atoms with van der Waals surface area (Å²) < 4.78 is 0. The zero-order chi connectivity index (χ0) is 25.4. The van der Waals surface area contributed by atoms with Gasteiger partial charge in [-0.3, -0.25) is 19.2 Å². The van der Waals surface area contributed by atoms with Gasteiger partial charge < -0.3 is 26.3 Å². The number of benzene rings is 2. The van der Waals surface area contributed by atoms with Crippen LogP contribution in [-0.2, 0) is 16.0 Å². The van der Waals surface area contributed by atoms with E-state index >= 15 is 0 Å². The van der Waals surface area contributed by atoms with Crippen molar-refractivity contribution < 1.29 is 48.3 Å². The molecule has 4 rings (SSSR count). The second-order valence-corrected chi connectivity index (χ2v) is 9.56. The van der Waals surface area contributed by atoms with E-state index in [4.69, 9.17) is 0 Å². The summed E-state index contributed by atoms with van der Waals surface area (Å²) >= 11 is 0. The molecule has 2 aliphatic rings. The van der Waals surface area contributed by atoms with Gasteiger partial charge >= 0.3 is 0 Å². The number of aromatic hydroxyl groups is 1. The van der Waals surface area contributed by atoms with Gasteiger partial charge in [0.25, 0.3) is 0 Å². The van der Waals surface area contributed by atoms with Crippen LogP contribution >= 0.6 is 0 Å². The van der Waals surface area contributed by atoms with Gasteiger partial charge in [0.05, 0.1) is 17.7 Å². The number of hydrogen-bond acceptors (Lipinski definition) is 7. The number of ketones is 4. The number of rotatable bonds is 6. The van der Waals surface area contributed by atoms with Crippen molar-refractivity contribution in [2.45, 2.75) is 39.5 Å². The molecule has 0 amide bonds. The Bertz CT molecular complexity index is 1270. The van der Waals surface area contributed by atoms with Gasteiger partial charge in [-0.15, -0.1) is 0 Å². The summed E-state index contributed by atoms with van der Waals surface area (Å²) in [6.45, 7) is 2.30. The number of phenolic OH excluding ortho intramolecular Hbond substituents is 1. The van der Waals surface area contributed by atoms with Gasteiger partial charge in [-0.2, -0.15) is 0 Å². The lowest BCUT2D eigenvalue weighted by Crippen LogP contribution is -2.35. The molecule has 2 aromatic rings. The molecular formula is C28H36O9. The highest BCUT2D eigenvalue weighted by Crippen LogP contribution is 2.42. The van der Waals surface area contributed by atoms with E-state index in [-0.39, 0.29) is 72.7 Å². The number of fused-ring (bicyclic) bond motifs is 1. The number of carbonyl (C=O) groups excluding carboxylic acids is 4. The van der Waals surface area contributed by atoms with Crippen molar-refractivity contribution in [2.75, 3.05) is 6.61 Å². The number of Topliss-reactive ketones (excluding diaryl/α,β-unsaturated/α-hetero) is 4. The molecule has 37 heavy (non-hydrogen) atoms. The monoisotopic (exact) mass is 516 g/mol. The molecule has 7 N–H and O–H groups in total. The quantitative estimate of drug-likeness (QED) is 0.388. The number of carbonyl (C=O) groups is 4. The van der Waals surface area contributed by atoms with Gasteiger partial charge in [0.15, 0.2) is 23.1 Å². The number of aliphatic hydroxyl groups excluding tert-OH is 2. The maximum absolute atomic E-state index is 13.1. The molecule has 2 aliphatic carbocycles. The smallest absolute Gasteiger partial charge is 0.170 e. The lowest BCUT2D eigenvalue weighted by molar-refractivity contribution is -0.123. The molecule has 0 saturated carbocycles. The first-order chi connectivity index (χ1) is 16.6. The highest BCUT2D eigenvalue weighted by molar-refractivity contribution is 6.20. The molecule has 0 bridgehead atoms. The fourth-order valence-electron chi connectivity index (χ4n) is 5.47. The Morgan fingerprint density at radius 1 is 0.892 bits per heavy atom. The standard InChI is InChI=1S/C28H28O7.2H2O.2H2/c1-14(30)17-3-5-18(6-4-17)21-8-7-19-9-16(11-23(32)26(19)27(21)34)10-20-12-24(33)25(15(2)31)28(35)22(20)13-29;;;;/h3-8,16,20,22,29,34-35H,9-13H2,1-2H3;2*1H2;2*1H. The Balaban J connectivity index is 0.00000361. The van der Waals surface area contributed by atoms with Crippen molar-refractivity contribution in [1.29, 1.82) is 0 Å². The summed E-state index contributed by atoms with van der Waals surface area (Å²) in [6.07, 6.45) is 1.12. The number of aliphatic hydroxyl groups is 2. The lowest BCUT2D eigenvalue weighted by Gasteiger charge is -2.34. The molecule has 0 fully saturated rings. The Morgan fingerprint density at radius 2 is 1.54 bits per heavy atom. The van der Waals surface area contributed by atoms with E-state index in [1.165, 1.54) is 13.8 Å². The SMILES string of the molecule is CC(=O)C1=C(O)C(CO)C(CC2CC(=O)c3c(ccc(-c4ccc(C(C)=O)cc4)c3O)C2)CC1=O.O.O.[HH].[HH]. The van der Waals surface area contributed by atoms with E-state index in [1.807, 2.05) is 6.07 Å². The van der Waals surface area contributed by atoms with E-state index < -0.39 is 24.1 Å². The summed E-state index contributed by atoms with van der Waals surface area (Å²) in [5.41, 5.74) is 2.52. The average Bonchev–Trinajstić information content (AvgIpc) is 2.79. The van der Waals surface area contributed by atoms with E-state index in [9.17, 15) is 34.5 Å². The molecule has 0 radical (unpaired) electrons. The van der Waals surface area contributed by atoms with Gasteiger partial charge in [0.1, 0.15) is 11.5 Å². The maximum atomic E-state index is 13.1. The fourth-order valence-corrected chi connectivity index (χ4v) is 5.47. The second kappa shape index (κ2) is 11.6. The third-order valence-electron chi connectivity index (χ3n) is 7.22. The zero-order valence-corrected chi connectivity index (χ0v) is 20.7. The molecule has 9 heteroatoms. The third kappa shape index (κ3) is 5.53. The van der Waals surface area contributed by atoms with Crippen LogP contribution < -0.4 is 0 Å². The summed E-state index contributed by atoms with van der Waals surface area (Å²) in [4.78, 5) is 48.8. The highest BCUT2D eigenvalue weighted by atomic mass is 16.3. The molecule has 0 saturated heterocycles. The van der Waals surface area contributed by atoms with E-state index in [2.05, 4.69) is 0 Å². The van der Waals surface area contributed by atoms with Crippen LogP contribution in [-0.4, -0.2) is 56.0 Å². The second-order valence-electron chi connectivity index (χ2n) is 9.56. The number of phenols is 1. The molecule has 2 aromatic carbocycles. The summed E-state index contributed by atoms with van der Waals surface area (Å²) in [5.74, 6) is -2.91. The topological polar surface area (TPSA) is 192 Å². The van der Waals surface area contributed by atoms with E-state index in [0.717, 1.165) is 0 Å². The van der Waals surface area contributed by atoms with E-state index in [1.54, 1.807) is 30.3 Å². The Hall–Kier alpha value is -3.66. The first-order valence-corrected chi connectivity index (χ1v) is 11.7. The fraction of sp³-hybridized carbons (Fsp3) is 0.357. The first kappa shape index (κ1) is 29.6. The van der Waals surface area contributed by atoms with Gasteiger partial charge in [-0.25, -0.2) is 0 Å². The summed E-state index contributed by atoms with van der Waals surface area (Å²) in [7, 11) is 0. The van der Waals surface area contributed by atoms with Crippen molar-refractivity contribution in [2.24, 2.45) is 17.8 Å². The molecule has 0 aromatic heterocycles. The minimum atomic E-state index is -0.725. The molecule has 0 spiro atoms. The van der Waals surface area contributed by atoms with Gasteiger partial charge in [-0.05, 0) is 49.7 Å².